The van der Waals surface area contributed by atoms with Crippen LogP contribution in [-0.4, -0.2) is 4.57 Å². The van der Waals surface area contributed by atoms with Gasteiger partial charge in [0, 0.05) is 12.7 Å². The lowest BCUT2D eigenvalue weighted by Gasteiger charge is -2.01. The maximum atomic E-state index is 6.16. The smallest absolute Gasteiger partial charge is 0.138 e. The van der Waals surface area contributed by atoms with Gasteiger partial charge in [-0.05, 0) is 18.6 Å². The van der Waals surface area contributed by atoms with Crippen LogP contribution < -0.4 is 5.73 Å². The molecule has 3 N–H and O–H groups in total. The minimum Gasteiger partial charge on any atom is -0.346 e. The zero-order valence-electron chi connectivity index (χ0n) is 8.26. The average Bonchev–Trinajstić information content (AvgIpc) is 2.46. The fourth-order valence-corrected chi connectivity index (χ4v) is 2.13. The molecule has 0 unspecified atom stereocenters. The second-order valence-electron chi connectivity index (χ2n) is 3.48. The van der Waals surface area contributed by atoms with Crippen molar-refractivity contribution in [2.45, 2.75) is 19.9 Å². The molecule has 1 heterocycles. The van der Waals surface area contributed by atoms with Gasteiger partial charge in [-0.25, -0.2) is 0 Å². The van der Waals surface area contributed by atoms with Crippen LogP contribution in [0.15, 0.2) is 24.4 Å². The molecule has 2 rings (SSSR count). The van der Waals surface area contributed by atoms with E-state index in [1.54, 1.807) is 0 Å². The Balaban J connectivity index is 2.71. The van der Waals surface area contributed by atoms with Crippen LogP contribution in [0, 0.1) is 0 Å². The highest BCUT2D eigenvalue weighted by Crippen LogP contribution is 2.29. The Morgan fingerprint density at radius 3 is 2.93 bits per heavy atom. The number of hydrogen-bond donors (Lipinski definition) is 1. The molecule has 2 aromatic rings. The number of aryl methyl sites for hydroxylation is 1. The van der Waals surface area contributed by atoms with Gasteiger partial charge in [0.25, 0.3) is 0 Å². The highest BCUT2D eigenvalue weighted by molar-refractivity contribution is 6.36. The molecule has 0 fully saturated rings. The van der Waals surface area contributed by atoms with Crippen LogP contribution in [0.4, 0.5) is 5.69 Å². The van der Waals surface area contributed by atoms with Gasteiger partial charge in [-0.3, -0.25) is 0 Å². The Morgan fingerprint density at radius 2 is 2.21 bits per heavy atom. The van der Waals surface area contributed by atoms with Crippen LogP contribution in [0.1, 0.15) is 13.3 Å². The van der Waals surface area contributed by atoms with E-state index in [-0.39, 0.29) is 0 Å². The molecule has 1 aromatic heterocycles. The second kappa shape index (κ2) is 3.64. The molecule has 0 aliphatic carbocycles. The second-order valence-corrected chi connectivity index (χ2v) is 3.89. The summed E-state index contributed by atoms with van der Waals surface area (Å²) < 4.78 is 2.19. The zero-order chi connectivity index (χ0) is 10.1. The molecule has 0 saturated heterocycles. The monoisotopic (exact) mass is 209 g/mol. The van der Waals surface area contributed by atoms with E-state index < -0.39 is 0 Å². The number of quaternary nitrogens is 1. The van der Waals surface area contributed by atoms with E-state index in [9.17, 15) is 0 Å². The minimum atomic E-state index is 0.805. The molecule has 0 atom stereocenters. The molecule has 0 saturated carbocycles. The standard InChI is InChI=1S/C11H13ClN2/c1-2-6-14-7-8(12)11-9(13)4-3-5-10(11)14/h3-5,7H,2,6,13H2,1H3/p+1. The fourth-order valence-electron chi connectivity index (χ4n) is 1.80. The van der Waals surface area contributed by atoms with Crippen LogP contribution in [-0.2, 0) is 6.54 Å². The Bertz CT molecular complexity index is 460. The van der Waals surface area contributed by atoms with Gasteiger partial charge >= 0.3 is 0 Å². The summed E-state index contributed by atoms with van der Waals surface area (Å²) in [6.07, 6.45) is 3.10. The maximum Gasteiger partial charge on any atom is 0.138 e. The first-order valence-corrected chi connectivity index (χ1v) is 5.21. The summed E-state index contributed by atoms with van der Waals surface area (Å²) in [6, 6.07) is 6.10. The Labute approximate surface area is 88.3 Å². The molecule has 1 aromatic carbocycles. The largest absolute Gasteiger partial charge is 0.346 e. The van der Waals surface area contributed by atoms with E-state index in [1.165, 1.54) is 5.52 Å². The molecule has 14 heavy (non-hydrogen) atoms. The van der Waals surface area contributed by atoms with Crippen molar-refractivity contribution in [3.8, 4) is 0 Å². The van der Waals surface area contributed by atoms with Gasteiger partial charge in [0.15, 0.2) is 0 Å². The van der Waals surface area contributed by atoms with Crippen molar-refractivity contribution in [2.24, 2.45) is 0 Å². The van der Waals surface area contributed by atoms with Crippen molar-refractivity contribution in [3.63, 3.8) is 0 Å². The topological polar surface area (TPSA) is 32.6 Å². The fraction of sp³-hybridized carbons (Fsp3) is 0.273. The lowest BCUT2D eigenvalue weighted by atomic mass is 10.2. The first kappa shape index (κ1) is 9.56. The van der Waals surface area contributed by atoms with Crippen LogP contribution in [0.5, 0.6) is 0 Å². The number of rotatable bonds is 2. The SMILES string of the molecule is CCCn1cc(Cl)c2c([NH3+])cccc21. The van der Waals surface area contributed by atoms with Crippen molar-refractivity contribution >= 4 is 28.2 Å². The summed E-state index contributed by atoms with van der Waals surface area (Å²) in [6.45, 7) is 3.17. The Morgan fingerprint density at radius 1 is 1.43 bits per heavy atom. The first-order valence-electron chi connectivity index (χ1n) is 4.83. The highest BCUT2D eigenvalue weighted by Gasteiger charge is 2.10. The quantitative estimate of drug-likeness (QED) is 0.789. The molecular formula is C11H14ClN2+. The van der Waals surface area contributed by atoms with E-state index in [0.29, 0.717) is 0 Å². The molecule has 0 aliphatic heterocycles. The average molecular weight is 210 g/mol. The summed E-state index contributed by atoms with van der Waals surface area (Å²) >= 11 is 6.16. The third-order valence-electron chi connectivity index (χ3n) is 2.41. The molecule has 0 spiro atoms. The van der Waals surface area contributed by atoms with E-state index in [0.717, 1.165) is 29.1 Å². The van der Waals surface area contributed by atoms with Crippen molar-refractivity contribution < 1.29 is 5.73 Å². The van der Waals surface area contributed by atoms with Crippen LogP contribution in [0.2, 0.25) is 5.02 Å². The molecule has 0 bridgehead atoms. The van der Waals surface area contributed by atoms with Gasteiger partial charge in [0.2, 0.25) is 0 Å². The normalized spacial score (nSPS) is 11.1. The predicted molar refractivity (Wildman–Crippen MR) is 59.8 cm³/mol. The third-order valence-corrected chi connectivity index (χ3v) is 2.70. The molecule has 0 amide bonds. The number of benzene rings is 1. The maximum absolute atomic E-state index is 6.16. The van der Waals surface area contributed by atoms with Crippen molar-refractivity contribution in [2.75, 3.05) is 0 Å². The lowest BCUT2D eigenvalue weighted by molar-refractivity contribution is -0.252. The van der Waals surface area contributed by atoms with Crippen molar-refractivity contribution in [3.05, 3.63) is 29.4 Å². The zero-order valence-corrected chi connectivity index (χ0v) is 9.01. The molecule has 2 nitrogen and oxygen atoms in total. The summed E-state index contributed by atoms with van der Waals surface area (Å²) in [4.78, 5) is 0. The van der Waals surface area contributed by atoms with E-state index >= 15 is 0 Å². The summed E-state index contributed by atoms with van der Waals surface area (Å²) in [5, 5.41) is 1.89. The number of aromatic nitrogens is 1. The molecule has 0 aliphatic rings. The highest BCUT2D eigenvalue weighted by atomic mass is 35.5. The Hall–Kier alpha value is -0.990. The van der Waals surface area contributed by atoms with Crippen molar-refractivity contribution in [1.82, 2.24) is 4.57 Å². The number of nitrogens with zero attached hydrogens (tertiary/aromatic N) is 1. The third kappa shape index (κ3) is 1.41. The lowest BCUT2D eigenvalue weighted by Crippen LogP contribution is -2.40. The molecule has 74 valence electrons. The van der Waals surface area contributed by atoms with Gasteiger partial charge in [-0.1, -0.05) is 24.6 Å². The van der Waals surface area contributed by atoms with E-state index in [4.69, 9.17) is 11.6 Å². The number of halogens is 1. The van der Waals surface area contributed by atoms with Gasteiger partial charge in [0.05, 0.1) is 15.9 Å². The minimum absolute atomic E-state index is 0.805. The summed E-state index contributed by atoms with van der Waals surface area (Å²) in [5.41, 5.74) is 6.17. The van der Waals surface area contributed by atoms with Crippen LogP contribution >= 0.6 is 11.6 Å². The number of fused-ring (bicyclic) bond motifs is 1. The van der Waals surface area contributed by atoms with Gasteiger partial charge in [0.1, 0.15) is 5.69 Å². The molecular weight excluding hydrogens is 196 g/mol. The van der Waals surface area contributed by atoms with Crippen LogP contribution in [0.25, 0.3) is 10.9 Å². The molecule has 3 heteroatoms. The van der Waals surface area contributed by atoms with Gasteiger partial charge < -0.3 is 10.3 Å². The van der Waals surface area contributed by atoms with Crippen molar-refractivity contribution in [1.29, 1.82) is 0 Å². The summed E-state index contributed by atoms with van der Waals surface area (Å²) in [5.74, 6) is 0. The Kier molecular flexibility index (Phi) is 2.48. The summed E-state index contributed by atoms with van der Waals surface area (Å²) in [7, 11) is 0. The first-order chi connectivity index (χ1) is 6.74. The van der Waals surface area contributed by atoms with E-state index in [1.807, 2.05) is 18.3 Å². The molecule has 0 radical (unpaired) electrons. The van der Waals surface area contributed by atoms with Gasteiger partial charge in [-0.15, -0.1) is 0 Å². The van der Waals surface area contributed by atoms with Gasteiger partial charge in [-0.2, -0.15) is 0 Å². The predicted octanol–water partition coefficient (Wildman–Crippen LogP) is 2.58. The number of hydrogen-bond acceptors (Lipinski definition) is 0. The van der Waals surface area contributed by atoms with E-state index in [2.05, 4.69) is 23.3 Å². The van der Waals surface area contributed by atoms with Crippen LogP contribution in [0.3, 0.4) is 0 Å².